The Kier molecular flexibility index (Phi) is 6.04. The van der Waals surface area contributed by atoms with Gasteiger partial charge in [0.05, 0.1) is 17.7 Å². The highest BCUT2D eigenvalue weighted by atomic mass is 32.2. The lowest BCUT2D eigenvalue weighted by Gasteiger charge is -2.43. The van der Waals surface area contributed by atoms with Crippen molar-refractivity contribution >= 4 is 29.7 Å². The SMILES string of the molecule is O=C(CN1C(=O)/C(=C/c2ccccc2F)SC2CCCCC21)NCc1ccco1. The van der Waals surface area contributed by atoms with Gasteiger partial charge in [-0.3, -0.25) is 9.59 Å². The minimum Gasteiger partial charge on any atom is -0.467 e. The Morgan fingerprint density at radius 1 is 1.24 bits per heavy atom. The van der Waals surface area contributed by atoms with E-state index in [-0.39, 0.29) is 42.0 Å². The molecule has 1 aliphatic heterocycles. The fourth-order valence-corrected chi connectivity index (χ4v) is 5.37. The quantitative estimate of drug-likeness (QED) is 0.753. The summed E-state index contributed by atoms with van der Waals surface area (Å²) in [4.78, 5) is 27.9. The van der Waals surface area contributed by atoms with Crippen LogP contribution >= 0.6 is 11.8 Å². The summed E-state index contributed by atoms with van der Waals surface area (Å²) in [5.41, 5.74) is 0.389. The number of amides is 2. The molecule has 152 valence electrons. The molecule has 1 saturated carbocycles. The first kappa shape index (κ1) is 19.8. The van der Waals surface area contributed by atoms with Crippen molar-refractivity contribution < 1.29 is 18.4 Å². The molecule has 0 bridgehead atoms. The molecule has 1 saturated heterocycles. The maximum atomic E-state index is 14.1. The Balaban J connectivity index is 1.52. The van der Waals surface area contributed by atoms with Gasteiger partial charge in [-0.05, 0) is 37.1 Å². The highest BCUT2D eigenvalue weighted by Gasteiger charge is 2.41. The molecule has 1 aromatic heterocycles. The number of nitrogens with one attached hydrogen (secondary N) is 1. The van der Waals surface area contributed by atoms with Crippen molar-refractivity contribution in [1.29, 1.82) is 0 Å². The summed E-state index contributed by atoms with van der Waals surface area (Å²) >= 11 is 1.53. The first-order valence-electron chi connectivity index (χ1n) is 9.85. The van der Waals surface area contributed by atoms with Crippen molar-refractivity contribution in [2.24, 2.45) is 0 Å². The van der Waals surface area contributed by atoms with E-state index in [1.807, 2.05) is 0 Å². The summed E-state index contributed by atoms with van der Waals surface area (Å²) in [5.74, 6) is -0.123. The van der Waals surface area contributed by atoms with Crippen molar-refractivity contribution in [2.45, 2.75) is 43.5 Å². The van der Waals surface area contributed by atoms with Crippen molar-refractivity contribution in [2.75, 3.05) is 6.54 Å². The smallest absolute Gasteiger partial charge is 0.261 e. The molecular weight excluding hydrogens is 391 g/mol. The van der Waals surface area contributed by atoms with Gasteiger partial charge in [-0.25, -0.2) is 4.39 Å². The topological polar surface area (TPSA) is 62.6 Å². The molecular formula is C22H23FN2O3S. The maximum Gasteiger partial charge on any atom is 0.261 e. The fraction of sp³-hybridized carbons (Fsp3) is 0.364. The van der Waals surface area contributed by atoms with E-state index in [1.165, 1.54) is 17.8 Å². The normalized spacial score (nSPS) is 23.1. The summed E-state index contributed by atoms with van der Waals surface area (Å²) in [6, 6.07) is 10.00. The third-order valence-corrected chi connectivity index (χ3v) is 6.76. The van der Waals surface area contributed by atoms with Crippen molar-refractivity contribution in [1.82, 2.24) is 10.2 Å². The van der Waals surface area contributed by atoms with Crippen LogP contribution in [0.5, 0.6) is 0 Å². The monoisotopic (exact) mass is 414 g/mol. The number of furan rings is 1. The first-order chi connectivity index (χ1) is 14.1. The highest BCUT2D eigenvalue weighted by Crippen LogP contribution is 2.42. The Labute approximate surface area is 173 Å². The third kappa shape index (κ3) is 4.56. The Morgan fingerprint density at radius 2 is 2.07 bits per heavy atom. The zero-order valence-corrected chi connectivity index (χ0v) is 16.8. The van der Waals surface area contributed by atoms with E-state index in [4.69, 9.17) is 4.42 Å². The number of halogens is 1. The van der Waals surface area contributed by atoms with Gasteiger partial charge in [0.15, 0.2) is 0 Å². The van der Waals surface area contributed by atoms with Crippen LogP contribution in [0.25, 0.3) is 6.08 Å². The average molecular weight is 415 g/mol. The third-order valence-electron chi connectivity index (χ3n) is 5.36. The zero-order chi connectivity index (χ0) is 20.2. The van der Waals surface area contributed by atoms with E-state index >= 15 is 0 Å². The van der Waals surface area contributed by atoms with Gasteiger partial charge >= 0.3 is 0 Å². The summed E-state index contributed by atoms with van der Waals surface area (Å²) < 4.78 is 19.3. The minimum absolute atomic E-state index is 0.00409. The lowest BCUT2D eigenvalue weighted by Crippen LogP contribution is -2.54. The standard InChI is InChI=1S/C22H23FN2O3S/c23-17-8-2-1-6-15(17)12-20-22(27)25(18-9-3-4-10-19(18)29-20)14-21(26)24-13-16-7-5-11-28-16/h1-2,5-8,11-12,18-19H,3-4,9-10,13-14H2,(H,24,26)/b20-12-. The summed E-state index contributed by atoms with van der Waals surface area (Å²) in [7, 11) is 0. The number of rotatable bonds is 5. The number of fused-ring (bicyclic) bond motifs is 1. The van der Waals surface area contributed by atoms with Gasteiger partial charge in [-0.1, -0.05) is 31.0 Å². The lowest BCUT2D eigenvalue weighted by atomic mass is 9.93. The molecule has 2 unspecified atom stereocenters. The largest absolute Gasteiger partial charge is 0.467 e. The van der Waals surface area contributed by atoms with E-state index in [1.54, 1.807) is 47.6 Å². The van der Waals surface area contributed by atoms with Crippen LogP contribution in [0, 0.1) is 5.82 Å². The molecule has 2 aromatic rings. The number of carbonyl (C=O) groups is 2. The molecule has 5 nitrogen and oxygen atoms in total. The van der Waals surface area contributed by atoms with Crippen LogP contribution in [0.2, 0.25) is 0 Å². The Bertz CT molecular complexity index is 913. The van der Waals surface area contributed by atoms with Crippen LogP contribution in [0.3, 0.4) is 0 Å². The second-order valence-electron chi connectivity index (χ2n) is 7.33. The maximum absolute atomic E-state index is 14.1. The van der Waals surface area contributed by atoms with Crippen molar-refractivity contribution in [3.63, 3.8) is 0 Å². The van der Waals surface area contributed by atoms with Gasteiger partial charge in [0.2, 0.25) is 5.91 Å². The number of hydrogen-bond donors (Lipinski definition) is 1. The molecule has 4 rings (SSSR count). The first-order valence-corrected chi connectivity index (χ1v) is 10.7. The lowest BCUT2D eigenvalue weighted by molar-refractivity contribution is -0.135. The molecule has 1 aromatic carbocycles. The van der Waals surface area contributed by atoms with Gasteiger partial charge in [-0.2, -0.15) is 0 Å². The van der Waals surface area contributed by atoms with Gasteiger partial charge in [-0.15, -0.1) is 11.8 Å². The molecule has 2 aliphatic rings. The Morgan fingerprint density at radius 3 is 2.86 bits per heavy atom. The minimum atomic E-state index is -0.359. The molecule has 7 heteroatoms. The summed E-state index contributed by atoms with van der Waals surface area (Å²) in [5, 5.41) is 3.04. The van der Waals surface area contributed by atoms with E-state index in [0.29, 0.717) is 16.2 Å². The zero-order valence-electron chi connectivity index (χ0n) is 16.0. The number of nitrogens with zero attached hydrogens (tertiary/aromatic N) is 1. The summed E-state index contributed by atoms with van der Waals surface area (Å²) in [6.45, 7) is 0.282. The van der Waals surface area contributed by atoms with E-state index < -0.39 is 0 Å². The van der Waals surface area contributed by atoms with Crippen LogP contribution in [-0.4, -0.2) is 34.6 Å². The molecule has 2 atom stereocenters. The van der Waals surface area contributed by atoms with Crippen LogP contribution in [0.4, 0.5) is 4.39 Å². The van der Waals surface area contributed by atoms with Crippen LogP contribution in [-0.2, 0) is 16.1 Å². The van der Waals surface area contributed by atoms with Gasteiger partial charge in [0, 0.05) is 16.9 Å². The van der Waals surface area contributed by atoms with E-state index in [9.17, 15) is 14.0 Å². The molecule has 0 spiro atoms. The fourth-order valence-electron chi connectivity index (χ4n) is 3.90. The predicted octanol–water partition coefficient (Wildman–Crippen LogP) is 3.96. The molecule has 2 amide bonds. The van der Waals surface area contributed by atoms with E-state index in [0.717, 1.165) is 25.7 Å². The second-order valence-corrected chi connectivity index (χ2v) is 8.61. The summed E-state index contributed by atoms with van der Waals surface area (Å²) in [6.07, 6.45) is 7.20. The van der Waals surface area contributed by atoms with Gasteiger partial charge < -0.3 is 14.6 Å². The number of hydrogen-bond acceptors (Lipinski definition) is 4. The van der Waals surface area contributed by atoms with Crippen molar-refractivity contribution in [3.8, 4) is 0 Å². The number of carbonyl (C=O) groups excluding carboxylic acids is 2. The van der Waals surface area contributed by atoms with Crippen LogP contribution in [0.15, 0.2) is 52.0 Å². The Hall–Kier alpha value is -2.54. The van der Waals surface area contributed by atoms with Crippen LogP contribution < -0.4 is 5.32 Å². The molecule has 1 N–H and O–H groups in total. The van der Waals surface area contributed by atoms with Gasteiger partial charge in [0.25, 0.3) is 5.91 Å². The van der Waals surface area contributed by atoms with Crippen molar-refractivity contribution in [3.05, 3.63) is 64.7 Å². The highest BCUT2D eigenvalue weighted by molar-refractivity contribution is 8.04. The molecule has 29 heavy (non-hydrogen) atoms. The molecule has 0 radical (unpaired) electrons. The number of thioether (sulfide) groups is 1. The van der Waals surface area contributed by atoms with Crippen LogP contribution in [0.1, 0.15) is 37.0 Å². The molecule has 2 heterocycles. The number of benzene rings is 1. The van der Waals surface area contributed by atoms with E-state index in [2.05, 4.69) is 5.32 Å². The average Bonchev–Trinajstić information content (AvgIpc) is 3.25. The molecule has 2 fully saturated rings. The molecule has 1 aliphatic carbocycles. The van der Waals surface area contributed by atoms with Gasteiger partial charge in [0.1, 0.15) is 18.1 Å². The predicted molar refractivity (Wildman–Crippen MR) is 110 cm³/mol. The second kappa shape index (κ2) is 8.86.